The van der Waals surface area contributed by atoms with Crippen LogP contribution in [0.1, 0.15) is 47.0 Å². The normalized spacial score (nSPS) is 13.1. The lowest BCUT2D eigenvalue weighted by Gasteiger charge is -2.30. The topological polar surface area (TPSA) is 78.4 Å². The van der Waals surface area contributed by atoms with Gasteiger partial charge in [0.05, 0.1) is 6.54 Å². The van der Waals surface area contributed by atoms with E-state index < -0.39 is 5.97 Å². The summed E-state index contributed by atoms with van der Waals surface area (Å²) in [5, 5.41) is 14.6. The molecule has 0 aromatic heterocycles. The van der Waals surface area contributed by atoms with Gasteiger partial charge in [0.2, 0.25) is 5.91 Å². The molecule has 0 spiro atoms. The molecule has 3 N–H and O–H groups in total. The number of hydrogen-bond donors (Lipinski definition) is 3. The van der Waals surface area contributed by atoms with Crippen molar-refractivity contribution in [2.24, 2.45) is 11.3 Å². The third kappa shape index (κ3) is 9.47. The van der Waals surface area contributed by atoms with E-state index in [2.05, 4.69) is 31.4 Å². The molecule has 0 aromatic rings. The molecule has 0 aliphatic heterocycles. The van der Waals surface area contributed by atoms with Gasteiger partial charge in [-0.1, -0.05) is 27.7 Å². The summed E-state index contributed by atoms with van der Waals surface area (Å²) in [4.78, 5) is 22.1. The lowest BCUT2D eigenvalue weighted by atomic mass is 9.76. The van der Waals surface area contributed by atoms with E-state index in [0.717, 1.165) is 13.0 Å². The van der Waals surface area contributed by atoms with Crippen molar-refractivity contribution in [1.29, 1.82) is 0 Å². The number of carbonyl (C=O) groups excluding carboxylic acids is 1. The minimum atomic E-state index is -0.759. The molecular formula is C14H28N2O3. The zero-order chi connectivity index (χ0) is 14.9. The maximum atomic E-state index is 11.4. The van der Waals surface area contributed by atoms with Gasteiger partial charge in [0, 0.05) is 13.0 Å². The molecule has 1 atom stereocenters. The van der Waals surface area contributed by atoms with Gasteiger partial charge in [0.1, 0.15) is 0 Å². The average molecular weight is 272 g/mol. The number of aliphatic carboxylic acids is 1. The van der Waals surface area contributed by atoms with Gasteiger partial charge in [-0.05, 0) is 30.7 Å². The van der Waals surface area contributed by atoms with Crippen LogP contribution in [0.2, 0.25) is 0 Å². The summed E-state index contributed by atoms with van der Waals surface area (Å²) in [5.41, 5.74) is 0.0574. The first-order valence-electron chi connectivity index (χ1n) is 6.96. The lowest BCUT2D eigenvalue weighted by Crippen LogP contribution is -2.35. The fraction of sp³-hybridized carbons (Fsp3) is 0.857. The first kappa shape index (κ1) is 17.9. The number of hydrogen-bond acceptors (Lipinski definition) is 3. The summed E-state index contributed by atoms with van der Waals surface area (Å²) >= 11 is 0. The van der Waals surface area contributed by atoms with Gasteiger partial charge in [0.25, 0.3) is 0 Å². The van der Waals surface area contributed by atoms with Crippen molar-refractivity contribution in [2.45, 2.75) is 47.0 Å². The van der Waals surface area contributed by atoms with E-state index in [4.69, 9.17) is 5.11 Å². The molecule has 0 bridgehead atoms. The summed E-state index contributed by atoms with van der Waals surface area (Å²) in [6.45, 7) is 10.0. The summed E-state index contributed by atoms with van der Waals surface area (Å²) in [7, 11) is 0. The van der Waals surface area contributed by atoms with Crippen LogP contribution < -0.4 is 10.6 Å². The minimum Gasteiger partial charge on any atom is -0.481 e. The monoisotopic (exact) mass is 272 g/mol. The lowest BCUT2D eigenvalue weighted by molar-refractivity contribution is -0.137. The Morgan fingerprint density at radius 1 is 1.21 bits per heavy atom. The maximum absolute atomic E-state index is 11.4. The number of carboxylic acids is 1. The SMILES string of the molecule is CCNCC(=O)NCCC(CCC(=O)O)C(C)(C)C. The first-order chi connectivity index (χ1) is 8.77. The standard InChI is InChI=1S/C14H28N2O3/c1-5-15-10-12(17)16-9-8-11(14(2,3)4)6-7-13(18)19/h11,15H,5-10H2,1-4H3,(H,16,17)(H,18,19). The van der Waals surface area contributed by atoms with Crippen molar-refractivity contribution in [1.82, 2.24) is 10.6 Å². The Balaban J connectivity index is 4.06. The molecule has 1 amide bonds. The molecule has 0 radical (unpaired) electrons. The Morgan fingerprint density at radius 3 is 2.32 bits per heavy atom. The molecule has 1 unspecified atom stereocenters. The van der Waals surface area contributed by atoms with Crippen molar-refractivity contribution in [3.8, 4) is 0 Å². The van der Waals surface area contributed by atoms with Crippen LogP contribution in [0, 0.1) is 11.3 Å². The fourth-order valence-corrected chi connectivity index (χ4v) is 1.99. The van der Waals surface area contributed by atoms with Gasteiger partial charge in [-0.2, -0.15) is 0 Å². The molecular weight excluding hydrogens is 244 g/mol. The highest BCUT2D eigenvalue weighted by atomic mass is 16.4. The quantitative estimate of drug-likeness (QED) is 0.596. The van der Waals surface area contributed by atoms with E-state index in [-0.39, 0.29) is 17.7 Å². The van der Waals surface area contributed by atoms with E-state index in [1.165, 1.54) is 0 Å². The van der Waals surface area contributed by atoms with Crippen molar-refractivity contribution < 1.29 is 14.7 Å². The number of carbonyl (C=O) groups is 2. The van der Waals surface area contributed by atoms with Gasteiger partial charge >= 0.3 is 5.97 Å². The van der Waals surface area contributed by atoms with E-state index in [1.54, 1.807) is 0 Å². The summed E-state index contributed by atoms with van der Waals surface area (Å²) in [5.74, 6) is -0.471. The van der Waals surface area contributed by atoms with Crippen LogP contribution in [-0.4, -0.2) is 36.6 Å². The minimum absolute atomic E-state index is 0.00672. The molecule has 0 saturated heterocycles. The first-order valence-corrected chi connectivity index (χ1v) is 6.96. The van der Waals surface area contributed by atoms with Gasteiger partial charge in [0.15, 0.2) is 0 Å². The highest BCUT2D eigenvalue weighted by molar-refractivity contribution is 5.77. The second kappa shape index (κ2) is 8.91. The average Bonchev–Trinajstić information content (AvgIpc) is 2.28. The maximum Gasteiger partial charge on any atom is 0.303 e. The Labute approximate surface area is 116 Å². The molecule has 0 saturated carbocycles. The smallest absolute Gasteiger partial charge is 0.303 e. The van der Waals surface area contributed by atoms with Crippen LogP contribution in [-0.2, 0) is 9.59 Å². The van der Waals surface area contributed by atoms with Crippen molar-refractivity contribution in [3.63, 3.8) is 0 Å². The second-order valence-corrected chi connectivity index (χ2v) is 5.91. The van der Waals surface area contributed by atoms with Crippen molar-refractivity contribution in [2.75, 3.05) is 19.6 Å². The zero-order valence-electron chi connectivity index (χ0n) is 12.6. The third-order valence-electron chi connectivity index (χ3n) is 3.28. The van der Waals surface area contributed by atoms with Crippen LogP contribution in [0.25, 0.3) is 0 Å². The zero-order valence-corrected chi connectivity index (χ0v) is 12.6. The Morgan fingerprint density at radius 2 is 1.84 bits per heavy atom. The number of likely N-dealkylation sites (N-methyl/N-ethyl adjacent to an activating group) is 1. The highest BCUT2D eigenvalue weighted by Gasteiger charge is 2.24. The summed E-state index contributed by atoms with van der Waals surface area (Å²) in [6, 6.07) is 0. The van der Waals surface area contributed by atoms with Crippen LogP contribution in [0.15, 0.2) is 0 Å². The van der Waals surface area contributed by atoms with Gasteiger partial charge in [-0.25, -0.2) is 0 Å². The molecule has 0 aromatic carbocycles. The number of amides is 1. The molecule has 0 aliphatic rings. The predicted molar refractivity (Wildman–Crippen MR) is 76.0 cm³/mol. The highest BCUT2D eigenvalue weighted by Crippen LogP contribution is 2.32. The molecule has 5 nitrogen and oxygen atoms in total. The summed E-state index contributed by atoms with van der Waals surface area (Å²) in [6.07, 6.45) is 1.66. The predicted octanol–water partition coefficient (Wildman–Crippen LogP) is 1.63. The Kier molecular flexibility index (Phi) is 8.39. The largest absolute Gasteiger partial charge is 0.481 e. The molecule has 0 heterocycles. The fourth-order valence-electron chi connectivity index (χ4n) is 1.99. The molecule has 5 heteroatoms. The molecule has 0 fully saturated rings. The van der Waals surface area contributed by atoms with Crippen LogP contribution >= 0.6 is 0 Å². The van der Waals surface area contributed by atoms with E-state index in [0.29, 0.717) is 25.4 Å². The number of rotatable bonds is 9. The van der Waals surface area contributed by atoms with Crippen LogP contribution in [0.4, 0.5) is 0 Å². The molecule has 0 rings (SSSR count). The third-order valence-corrected chi connectivity index (χ3v) is 3.28. The van der Waals surface area contributed by atoms with Crippen molar-refractivity contribution >= 4 is 11.9 Å². The van der Waals surface area contributed by atoms with Gasteiger partial charge in [-0.3, -0.25) is 9.59 Å². The molecule has 112 valence electrons. The molecule has 19 heavy (non-hydrogen) atoms. The molecule has 0 aliphatic carbocycles. The number of carboxylic acid groups (broad SMARTS) is 1. The second-order valence-electron chi connectivity index (χ2n) is 5.91. The van der Waals surface area contributed by atoms with Gasteiger partial charge in [-0.15, -0.1) is 0 Å². The van der Waals surface area contributed by atoms with E-state index in [1.807, 2.05) is 6.92 Å². The Hall–Kier alpha value is -1.10. The van der Waals surface area contributed by atoms with Crippen molar-refractivity contribution in [3.05, 3.63) is 0 Å². The van der Waals surface area contributed by atoms with E-state index >= 15 is 0 Å². The summed E-state index contributed by atoms with van der Waals surface area (Å²) < 4.78 is 0. The van der Waals surface area contributed by atoms with Crippen LogP contribution in [0.3, 0.4) is 0 Å². The van der Waals surface area contributed by atoms with E-state index in [9.17, 15) is 9.59 Å². The van der Waals surface area contributed by atoms with Gasteiger partial charge < -0.3 is 15.7 Å². The Bertz CT molecular complexity index is 285. The number of nitrogens with one attached hydrogen (secondary N) is 2. The van der Waals surface area contributed by atoms with Crippen LogP contribution in [0.5, 0.6) is 0 Å².